The van der Waals surface area contributed by atoms with Crippen LogP contribution in [0.1, 0.15) is 43.9 Å². The van der Waals surface area contributed by atoms with Crippen LogP contribution in [0.15, 0.2) is 71.7 Å². The molecule has 0 aromatic heterocycles. The van der Waals surface area contributed by atoms with Crippen LogP contribution in [0.5, 0.6) is 0 Å². The fraction of sp³-hybridized carbons (Fsp3) is 0.250. The van der Waals surface area contributed by atoms with E-state index >= 15 is 0 Å². The molecule has 2 amide bonds. The summed E-state index contributed by atoms with van der Waals surface area (Å²) >= 11 is 6.28. The first kappa shape index (κ1) is 24.6. The predicted molar refractivity (Wildman–Crippen MR) is 139 cm³/mol. The van der Waals surface area contributed by atoms with Crippen molar-refractivity contribution in [2.75, 3.05) is 10.6 Å². The minimum atomic E-state index is -0.834. The molecule has 0 saturated carbocycles. The molecule has 0 aliphatic carbocycles. The summed E-state index contributed by atoms with van der Waals surface area (Å²) in [4.78, 5) is 30.1. The van der Waals surface area contributed by atoms with Gasteiger partial charge in [0.2, 0.25) is 11.8 Å². The van der Waals surface area contributed by atoms with E-state index in [2.05, 4.69) is 10.6 Å². The normalized spacial score (nSPS) is 15.5. The first-order valence-electron chi connectivity index (χ1n) is 11.4. The Morgan fingerprint density at radius 3 is 2.49 bits per heavy atom. The highest BCUT2D eigenvalue weighted by molar-refractivity contribution is 6.32. The lowest BCUT2D eigenvalue weighted by atomic mass is 9.92. The van der Waals surface area contributed by atoms with Crippen molar-refractivity contribution in [2.45, 2.75) is 39.7 Å². The van der Waals surface area contributed by atoms with Crippen molar-refractivity contribution in [3.05, 3.63) is 94.3 Å². The van der Waals surface area contributed by atoms with Crippen LogP contribution in [0.2, 0.25) is 5.02 Å². The second-order valence-corrected chi connectivity index (χ2v) is 10.3. The van der Waals surface area contributed by atoms with E-state index in [-0.39, 0.29) is 29.5 Å². The molecular formula is C28H27ClFN3O2. The number of halogens is 2. The number of hydrogen-bond donors (Lipinski definition) is 2. The van der Waals surface area contributed by atoms with E-state index in [0.29, 0.717) is 39.7 Å². The molecule has 7 heteroatoms. The zero-order chi connectivity index (χ0) is 25.2. The molecule has 0 spiro atoms. The molecule has 0 radical (unpaired) electrons. The average molecular weight is 492 g/mol. The standard InChI is InChI=1S/C28H27ClFN3O2/c1-28(2,3)16-25(34)31-20-11-8-17(9-12-20)26-21-15-19(29)10-13-23(21)33-27(35)24(32-26)14-18-6-4-5-7-22(18)30/h4-13,15,24H,14,16H2,1-3H3,(H,31,34)(H,33,35). The number of fused-ring (bicyclic) bond motifs is 1. The molecule has 1 unspecified atom stereocenters. The van der Waals surface area contributed by atoms with Gasteiger partial charge in [0.15, 0.2) is 0 Å². The second kappa shape index (κ2) is 10.0. The van der Waals surface area contributed by atoms with Gasteiger partial charge in [-0.15, -0.1) is 0 Å². The van der Waals surface area contributed by atoms with Crippen molar-refractivity contribution in [1.29, 1.82) is 0 Å². The molecule has 1 atom stereocenters. The Morgan fingerprint density at radius 1 is 1.09 bits per heavy atom. The minimum absolute atomic E-state index is 0.0612. The van der Waals surface area contributed by atoms with Gasteiger partial charge in [0, 0.05) is 34.7 Å². The highest BCUT2D eigenvalue weighted by atomic mass is 35.5. The van der Waals surface area contributed by atoms with Gasteiger partial charge in [-0.2, -0.15) is 0 Å². The molecule has 3 aromatic carbocycles. The van der Waals surface area contributed by atoms with Gasteiger partial charge in [-0.25, -0.2) is 4.39 Å². The maximum absolute atomic E-state index is 14.3. The number of nitrogens with zero attached hydrogens (tertiary/aromatic N) is 1. The number of hydrogen-bond acceptors (Lipinski definition) is 3. The smallest absolute Gasteiger partial charge is 0.249 e. The molecule has 0 saturated heterocycles. The van der Waals surface area contributed by atoms with Gasteiger partial charge >= 0.3 is 0 Å². The Kier molecular flexibility index (Phi) is 7.03. The van der Waals surface area contributed by atoms with Crippen LogP contribution in [0.4, 0.5) is 15.8 Å². The number of carbonyl (C=O) groups is 2. The Labute approximate surface area is 209 Å². The molecule has 4 rings (SSSR count). The van der Waals surface area contributed by atoms with Gasteiger partial charge in [0.05, 0.1) is 11.4 Å². The number of benzene rings is 3. The maximum Gasteiger partial charge on any atom is 0.249 e. The lowest BCUT2D eigenvalue weighted by Gasteiger charge is -2.17. The van der Waals surface area contributed by atoms with Crippen molar-refractivity contribution < 1.29 is 14.0 Å². The van der Waals surface area contributed by atoms with Crippen LogP contribution in [0.3, 0.4) is 0 Å². The summed E-state index contributed by atoms with van der Waals surface area (Å²) in [5, 5.41) is 6.33. The maximum atomic E-state index is 14.3. The van der Waals surface area contributed by atoms with E-state index in [4.69, 9.17) is 16.6 Å². The summed E-state index contributed by atoms with van der Waals surface area (Å²) in [6.07, 6.45) is 0.517. The van der Waals surface area contributed by atoms with Gasteiger partial charge in [0.1, 0.15) is 11.9 Å². The molecule has 3 aromatic rings. The van der Waals surface area contributed by atoms with Crippen LogP contribution >= 0.6 is 11.6 Å². The predicted octanol–water partition coefficient (Wildman–Crippen LogP) is 6.25. The first-order chi connectivity index (χ1) is 16.6. The van der Waals surface area contributed by atoms with E-state index in [0.717, 1.165) is 5.56 Å². The topological polar surface area (TPSA) is 70.6 Å². The summed E-state index contributed by atoms with van der Waals surface area (Å²) < 4.78 is 14.3. The number of amides is 2. The van der Waals surface area contributed by atoms with Gasteiger partial charge in [-0.3, -0.25) is 14.6 Å². The Morgan fingerprint density at radius 2 is 1.80 bits per heavy atom. The number of aliphatic imine (C=N–C) groups is 1. The molecule has 0 bridgehead atoms. The summed E-state index contributed by atoms with van der Waals surface area (Å²) in [6.45, 7) is 6.03. The van der Waals surface area contributed by atoms with E-state index < -0.39 is 6.04 Å². The summed E-state index contributed by atoms with van der Waals surface area (Å²) in [7, 11) is 0. The van der Waals surface area contributed by atoms with E-state index in [1.807, 2.05) is 32.9 Å². The van der Waals surface area contributed by atoms with Crippen LogP contribution in [-0.2, 0) is 16.0 Å². The molecule has 180 valence electrons. The fourth-order valence-electron chi connectivity index (χ4n) is 3.96. The largest absolute Gasteiger partial charge is 0.326 e. The fourth-order valence-corrected chi connectivity index (χ4v) is 4.13. The molecule has 5 nitrogen and oxygen atoms in total. The van der Waals surface area contributed by atoms with Crippen molar-refractivity contribution in [3.63, 3.8) is 0 Å². The highest BCUT2D eigenvalue weighted by Crippen LogP contribution is 2.29. The van der Waals surface area contributed by atoms with Gasteiger partial charge in [-0.05, 0) is 47.4 Å². The summed E-state index contributed by atoms with van der Waals surface area (Å²) in [5.41, 5.74) is 3.53. The third kappa shape index (κ3) is 6.14. The van der Waals surface area contributed by atoms with Crippen molar-refractivity contribution in [3.8, 4) is 0 Å². The van der Waals surface area contributed by atoms with Gasteiger partial charge in [0.25, 0.3) is 0 Å². The molecule has 1 aliphatic heterocycles. The number of anilines is 2. The average Bonchev–Trinajstić information content (AvgIpc) is 2.91. The van der Waals surface area contributed by atoms with Crippen LogP contribution in [-0.4, -0.2) is 23.6 Å². The van der Waals surface area contributed by atoms with Crippen molar-refractivity contribution in [1.82, 2.24) is 0 Å². The Balaban J connectivity index is 1.69. The van der Waals surface area contributed by atoms with Crippen LogP contribution in [0.25, 0.3) is 0 Å². The molecule has 1 heterocycles. The Bertz CT molecular complexity index is 1300. The SMILES string of the molecule is CC(C)(C)CC(=O)Nc1ccc(C2=NC(Cc3ccccc3F)C(=O)Nc3ccc(Cl)cc32)cc1. The van der Waals surface area contributed by atoms with E-state index in [1.54, 1.807) is 48.5 Å². The van der Waals surface area contributed by atoms with Gasteiger partial charge < -0.3 is 10.6 Å². The molecular weight excluding hydrogens is 465 g/mol. The molecule has 35 heavy (non-hydrogen) atoms. The number of nitrogens with one attached hydrogen (secondary N) is 2. The van der Waals surface area contributed by atoms with Crippen molar-refractivity contribution in [2.24, 2.45) is 10.4 Å². The zero-order valence-electron chi connectivity index (χ0n) is 19.9. The number of benzodiazepines with no additional fused rings is 1. The Hall–Kier alpha value is -3.51. The first-order valence-corrected chi connectivity index (χ1v) is 11.8. The van der Waals surface area contributed by atoms with E-state index in [1.165, 1.54) is 6.07 Å². The van der Waals surface area contributed by atoms with Crippen LogP contribution < -0.4 is 10.6 Å². The third-order valence-electron chi connectivity index (χ3n) is 5.59. The summed E-state index contributed by atoms with van der Waals surface area (Å²) in [6, 6.07) is 18.0. The number of carbonyl (C=O) groups excluding carboxylic acids is 2. The quantitative estimate of drug-likeness (QED) is 0.442. The number of rotatable bonds is 5. The third-order valence-corrected chi connectivity index (χ3v) is 5.82. The monoisotopic (exact) mass is 491 g/mol. The highest BCUT2D eigenvalue weighted by Gasteiger charge is 2.27. The zero-order valence-corrected chi connectivity index (χ0v) is 20.6. The van der Waals surface area contributed by atoms with Crippen molar-refractivity contribution >= 4 is 40.5 Å². The minimum Gasteiger partial charge on any atom is -0.326 e. The summed E-state index contributed by atoms with van der Waals surface area (Å²) in [5.74, 6) is -0.760. The molecule has 0 fully saturated rings. The second-order valence-electron chi connectivity index (χ2n) is 9.83. The van der Waals surface area contributed by atoms with Gasteiger partial charge in [-0.1, -0.05) is 62.7 Å². The van der Waals surface area contributed by atoms with Crippen LogP contribution in [0, 0.1) is 11.2 Å². The molecule has 1 aliphatic rings. The lowest BCUT2D eigenvalue weighted by Crippen LogP contribution is -2.28. The molecule has 2 N–H and O–H groups in total. The van der Waals surface area contributed by atoms with E-state index in [9.17, 15) is 14.0 Å². The lowest BCUT2D eigenvalue weighted by molar-refractivity contribution is -0.118.